The quantitative estimate of drug-likeness (QED) is 0.581. The number of aromatic nitrogens is 3. The van der Waals surface area contributed by atoms with Gasteiger partial charge < -0.3 is 5.73 Å². The number of nitrogens with zero attached hydrogens (tertiary/aromatic N) is 3. The first-order valence-electron chi connectivity index (χ1n) is 6.52. The number of rotatable bonds is 1. The Bertz CT molecular complexity index is 975. The van der Waals surface area contributed by atoms with Crippen LogP contribution in [0.15, 0.2) is 54.7 Å². The first-order chi connectivity index (χ1) is 10.2. The topological polar surface area (TPSA) is 56.2 Å². The lowest BCUT2D eigenvalue weighted by molar-refractivity contribution is 0.642. The maximum atomic E-state index is 14.7. The first kappa shape index (κ1) is 11.8. The lowest BCUT2D eigenvalue weighted by Crippen LogP contribution is -1.98. The van der Waals surface area contributed by atoms with E-state index in [9.17, 15) is 4.39 Å². The van der Waals surface area contributed by atoms with Crippen LogP contribution in [0, 0.1) is 5.82 Å². The van der Waals surface area contributed by atoms with E-state index in [1.165, 1.54) is 4.52 Å². The fraction of sp³-hybridized carbons (Fsp3) is 0. The maximum Gasteiger partial charge on any atom is 0.157 e. The molecule has 0 radical (unpaired) electrons. The minimum absolute atomic E-state index is 0.282. The van der Waals surface area contributed by atoms with E-state index in [1.54, 1.807) is 30.5 Å². The van der Waals surface area contributed by atoms with Gasteiger partial charge in [-0.25, -0.2) is 9.37 Å². The fourth-order valence-electron chi connectivity index (χ4n) is 2.48. The number of nitrogen functional groups attached to an aromatic ring is 1. The van der Waals surface area contributed by atoms with Crippen LogP contribution in [0.3, 0.4) is 0 Å². The van der Waals surface area contributed by atoms with Crippen LogP contribution in [-0.2, 0) is 0 Å². The van der Waals surface area contributed by atoms with Crippen LogP contribution in [0.25, 0.3) is 27.7 Å². The molecule has 2 N–H and O–H groups in total. The van der Waals surface area contributed by atoms with E-state index in [2.05, 4.69) is 10.1 Å². The largest absolute Gasteiger partial charge is 0.384 e. The molecule has 0 spiro atoms. The van der Waals surface area contributed by atoms with Gasteiger partial charge in [-0.1, -0.05) is 30.3 Å². The van der Waals surface area contributed by atoms with Crippen LogP contribution in [0.2, 0.25) is 0 Å². The van der Waals surface area contributed by atoms with E-state index in [-0.39, 0.29) is 5.82 Å². The standard InChI is InChI=1S/C16H11FN4/c17-16-11-4-2-1-3-10(11)5-6-12(16)13-9-15-19-8-7-14(18)21(15)20-13/h1-9H,18H2. The molecule has 0 aliphatic carbocycles. The van der Waals surface area contributed by atoms with Crippen LogP contribution in [0.5, 0.6) is 0 Å². The second-order valence-electron chi connectivity index (χ2n) is 4.82. The summed E-state index contributed by atoms with van der Waals surface area (Å²) >= 11 is 0. The molecule has 0 saturated heterocycles. The summed E-state index contributed by atoms with van der Waals surface area (Å²) in [5.41, 5.74) is 7.40. The summed E-state index contributed by atoms with van der Waals surface area (Å²) in [6.07, 6.45) is 1.60. The summed E-state index contributed by atoms with van der Waals surface area (Å²) in [6, 6.07) is 14.3. The molecule has 102 valence electrons. The van der Waals surface area contributed by atoms with Gasteiger partial charge in [0.25, 0.3) is 0 Å². The molecule has 0 fully saturated rings. The Morgan fingerprint density at radius 1 is 1.05 bits per heavy atom. The Labute approximate surface area is 119 Å². The molecule has 4 aromatic rings. The average Bonchev–Trinajstić information content (AvgIpc) is 2.93. The van der Waals surface area contributed by atoms with Crippen molar-refractivity contribution in [1.82, 2.24) is 14.6 Å². The van der Waals surface area contributed by atoms with Crippen molar-refractivity contribution >= 4 is 22.2 Å². The molecule has 0 aliphatic rings. The van der Waals surface area contributed by atoms with Crippen molar-refractivity contribution in [2.45, 2.75) is 0 Å². The first-order valence-corrected chi connectivity index (χ1v) is 6.52. The Kier molecular flexibility index (Phi) is 2.41. The van der Waals surface area contributed by atoms with Crippen molar-refractivity contribution in [3.05, 3.63) is 60.5 Å². The Balaban J connectivity index is 2.00. The summed E-state index contributed by atoms with van der Waals surface area (Å²) in [6.45, 7) is 0. The number of hydrogen-bond donors (Lipinski definition) is 1. The van der Waals surface area contributed by atoms with E-state index in [1.807, 2.05) is 24.3 Å². The van der Waals surface area contributed by atoms with Crippen LogP contribution in [-0.4, -0.2) is 14.6 Å². The average molecular weight is 278 g/mol. The summed E-state index contributed by atoms with van der Waals surface area (Å²) in [5.74, 6) is 0.183. The van der Waals surface area contributed by atoms with Gasteiger partial charge in [-0.05, 0) is 17.5 Å². The Hall–Kier alpha value is -2.95. The number of anilines is 1. The van der Waals surface area contributed by atoms with Gasteiger partial charge in [-0.2, -0.15) is 9.61 Å². The molecule has 0 aliphatic heterocycles. The zero-order valence-corrected chi connectivity index (χ0v) is 11.0. The molecule has 2 aromatic carbocycles. The lowest BCUT2D eigenvalue weighted by atomic mass is 10.0. The van der Waals surface area contributed by atoms with E-state index < -0.39 is 0 Å². The van der Waals surface area contributed by atoms with Gasteiger partial charge in [-0.15, -0.1) is 0 Å². The Morgan fingerprint density at radius 2 is 1.90 bits per heavy atom. The van der Waals surface area contributed by atoms with Gasteiger partial charge in [0.05, 0.1) is 5.69 Å². The second-order valence-corrected chi connectivity index (χ2v) is 4.82. The zero-order chi connectivity index (χ0) is 14.4. The number of fused-ring (bicyclic) bond motifs is 2. The second kappa shape index (κ2) is 4.28. The minimum Gasteiger partial charge on any atom is -0.384 e. The lowest BCUT2D eigenvalue weighted by Gasteiger charge is -2.03. The van der Waals surface area contributed by atoms with Crippen molar-refractivity contribution < 1.29 is 4.39 Å². The number of halogens is 1. The predicted molar refractivity (Wildman–Crippen MR) is 80.3 cm³/mol. The molecule has 2 aromatic heterocycles. The normalized spacial score (nSPS) is 11.3. The molecule has 2 heterocycles. The van der Waals surface area contributed by atoms with Gasteiger partial charge in [0.2, 0.25) is 0 Å². The van der Waals surface area contributed by atoms with Crippen LogP contribution >= 0.6 is 0 Å². The van der Waals surface area contributed by atoms with Crippen molar-refractivity contribution in [3.8, 4) is 11.3 Å². The van der Waals surface area contributed by atoms with Crippen LogP contribution in [0.4, 0.5) is 10.2 Å². The van der Waals surface area contributed by atoms with Gasteiger partial charge in [-0.3, -0.25) is 0 Å². The number of benzene rings is 2. The van der Waals surface area contributed by atoms with Gasteiger partial charge in [0.15, 0.2) is 5.65 Å². The van der Waals surface area contributed by atoms with Crippen molar-refractivity contribution in [2.24, 2.45) is 0 Å². The molecule has 0 atom stereocenters. The monoisotopic (exact) mass is 278 g/mol. The van der Waals surface area contributed by atoms with Crippen LogP contribution in [0.1, 0.15) is 0 Å². The molecule has 4 rings (SSSR count). The van der Waals surface area contributed by atoms with E-state index in [0.717, 1.165) is 5.39 Å². The van der Waals surface area contributed by atoms with Gasteiger partial charge in [0.1, 0.15) is 11.6 Å². The number of hydrogen-bond acceptors (Lipinski definition) is 3. The highest BCUT2D eigenvalue weighted by Gasteiger charge is 2.13. The summed E-state index contributed by atoms with van der Waals surface area (Å²) in [5, 5.41) is 5.78. The third-order valence-corrected chi connectivity index (χ3v) is 3.53. The molecular formula is C16H11FN4. The third kappa shape index (κ3) is 1.74. The van der Waals surface area contributed by atoms with Gasteiger partial charge in [0, 0.05) is 23.2 Å². The molecule has 21 heavy (non-hydrogen) atoms. The summed E-state index contributed by atoms with van der Waals surface area (Å²) < 4.78 is 16.2. The van der Waals surface area contributed by atoms with E-state index >= 15 is 0 Å². The highest BCUT2D eigenvalue weighted by molar-refractivity contribution is 5.88. The highest BCUT2D eigenvalue weighted by Crippen LogP contribution is 2.28. The molecule has 0 saturated carbocycles. The van der Waals surface area contributed by atoms with Crippen molar-refractivity contribution in [3.63, 3.8) is 0 Å². The SMILES string of the molecule is Nc1ccnc2cc(-c3ccc4ccccc4c3F)nn12. The molecular weight excluding hydrogens is 267 g/mol. The third-order valence-electron chi connectivity index (χ3n) is 3.53. The summed E-state index contributed by atoms with van der Waals surface area (Å²) in [7, 11) is 0. The maximum absolute atomic E-state index is 14.7. The molecule has 0 bridgehead atoms. The molecule has 4 nitrogen and oxygen atoms in total. The fourth-order valence-corrected chi connectivity index (χ4v) is 2.48. The molecule has 0 amide bonds. The zero-order valence-electron chi connectivity index (χ0n) is 11.0. The predicted octanol–water partition coefficient (Wildman–Crippen LogP) is 3.27. The Morgan fingerprint density at radius 3 is 2.76 bits per heavy atom. The van der Waals surface area contributed by atoms with Crippen molar-refractivity contribution in [1.29, 1.82) is 0 Å². The minimum atomic E-state index is -0.282. The van der Waals surface area contributed by atoms with Crippen molar-refractivity contribution in [2.75, 3.05) is 5.73 Å². The summed E-state index contributed by atoms with van der Waals surface area (Å²) in [4.78, 5) is 4.18. The van der Waals surface area contributed by atoms with E-state index in [4.69, 9.17) is 5.73 Å². The number of nitrogens with two attached hydrogens (primary N) is 1. The smallest absolute Gasteiger partial charge is 0.157 e. The van der Waals surface area contributed by atoms with Gasteiger partial charge >= 0.3 is 0 Å². The highest BCUT2D eigenvalue weighted by atomic mass is 19.1. The molecule has 5 heteroatoms. The molecule has 0 unspecified atom stereocenters. The van der Waals surface area contributed by atoms with E-state index in [0.29, 0.717) is 28.1 Å². The van der Waals surface area contributed by atoms with Crippen LogP contribution < -0.4 is 5.73 Å².